The Morgan fingerprint density at radius 3 is 2.28 bits per heavy atom. The molecule has 29 heavy (non-hydrogen) atoms. The van der Waals surface area contributed by atoms with Crippen LogP contribution < -0.4 is 9.47 Å². The number of alkyl halides is 1. The van der Waals surface area contributed by atoms with Crippen molar-refractivity contribution in [2.24, 2.45) is 0 Å². The van der Waals surface area contributed by atoms with Crippen molar-refractivity contribution in [2.45, 2.75) is 103 Å². The van der Waals surface area contributed by atoms with Gasteiger partial charge in [-0.1, -0.05) is 75.5 Å². The Balaban J connectivity index is 2.23. The Hall–Kier alpha value is -1.22. The average molecular weight is 464 g/mol. The van der Waals surface area contributed by atoms with Crippen LogP contribution in [0, 0.1) is 0 Å². The molecule has 0 heterocycles. The van der Waals surface area contributed by atoms with Gasteiger partial charge in [-0.3, -0.25) is 0 Å². The third-order valence-corrected chi connectivity index (χ3v) is 7.01. The lowest BCUT2D eigenvalue weighted by Gasteiger charge is -2.24. The highest BCUT2D eigenvalue weighted by Crippen LogP contribution is 2.33. The van der Waals surface area contributed by atoms with Gasteiger partial charge in [-0.15, -0.1) is 0 Å². The van der Waals surface area contributed by atoms with E-state index in [1.807, 2.05) is 0 Å². The van der Waals surface area contributed by atoms with Gasteiger partial charge in [0, 0.05) is 5.56 Å². The second-order valence-electron chi connectivity index (χ2n) is 7.91. The molecule has 0 spiro atoms. The van der Waals surface area contributed by atoms with Gasteiger partial charge in [-0.05, 0) is 67.5 Å². The van der Waals surface area contributed by atoms with E-state index in [4.69, 9.17) is 9.47 Å². The zero-order valence-electron chi connectivity index (χ0n) is 19.0. The molecule has 2 nitrogen and oxygen atoms in total. The van der Waals surface area contributed by atoms with Gasteiger partial charge in [0.05, 0.1) is 10.9 Å². The monoisotopic (exact) mass is 462 g/mol. The first-order valence-electron chi connectivity index (χ1n) is 11.6. The number of aryl methyl sites for hydroxylation is 1. The highest BCUT2D eigenvalue weighted by Gasteiger charge is 2.19. The predicted octanol–water partition coefficient (Wildman–Crippen LogP) is 8.47. The highest BCUT2D eigenvalue weighted by atomic mass is 79.9. The molecule has 162 valence electrons. The maximum absolute atomic E-state index is 6.44. The molecular weight excluding hydrogens is 424 g/mol. The predicted molar refractivity (Wildman–Crippen MR) is 130 cm³/mol. The van der Waals surface area contributed by atoms with Crippen molar-refractivity contribution >= 4 is 26.7 Å². The third kappa shape index (κ3) is 6.64. The van der Waals surface area contributed by atoms with E-state index in [0.29, 0.717) is 10.9 Å². The van der Waals surface area contributed by atoms with Gasteiger partial charge in [0.15, 0.2) is 0 Å². The zero-order chi connectivity index (χ0) is 21.2. The molecule has 0 radical (unpaired) electrons. The van der Waals surface area contributed by atoms with E-state index in [1.54, 1.807) is 0 Å². The van der Waals surface area contributed by atoms with E-state index in [0.717, 1.165) is 43.6 Å². The molecule has 2 aromatic carbocycles. The summed E-state index contributed by atoms with van der Waals surface area (Å²) in [7, 11) is 0. The first kappa shape index (κ1) is 24.1. The van der Waals surface area contributed by atoms with Gasteiger partial charge in [0.25, 0.3) is 0 Å². The van der Waals surface area contributed by atoms with Crippen molar-refractivity contribution in [3.8, 4) is 11.5 Å². The molecule has 0 aliphatic carbocycles. The molecule has 0 aliphatic heterocycles. The SMILES string of the molecule is CCCCCC(CC)Oc1ccc2c(CC)c(OC(CC)C(Br)CC)ccc2c1. The van der Waals surface area contributed by atoms with E-state index in [-0.39, 0.29) is 6.10 Å². The molecule has 0 N–H and O–H groups in total. The normalized spacial score (nSPS) is 14.6. The van der Waals surface area contributed by atoms with Crippen LogP contribution in [0.25, 0.3) is 10.8 Å². The summed E-state index contributed by atoms with van der Waals surface area (Å²) in [5.41, 5.74) is 1.29. The summed E-state index contributed by atoms with van der Waals surface area (Å²) in [5, 5.41) is 2.50. The molecule has 3 atom stereocenters. The number of rotatable bonds is 13. The summed E-state index contributed by atoms with van der Waals surface area (Å²) >= 11 is 3.78. The molecule has 2 aromatic rings. The molecule has 0 aromatic heterocycles. The van der Waals surface area contributed by atoms with Crippen molar-refractivity contribution in [3.63, 3.8) is 0 Å². The van der Waals surface area contributed by atoms with Gasteiger partial charge in [-0.25, -0.2) is 0 Å². The molecule has 0 bridgehead atoms. The quantitative estimate of drug-likeness (QED) is 0.219. The Labute approximate surface area is 186 Å². The van der Waals surface area contributed by atoms with Crippen LogP contribution in [-0.2, 0) is 6.42 Å². The smallest absolute Gasteiger partial charge is 0.123 e. The molecule has 0 saturated carbocycles. The summed E-state index contributed by atoms with van der Waals surface area (Å²) in [6.07, 6.45) is 9.48. The minimum atomic E-state index is 0.193. The number of benzene rings is 2. The lowest BCUT2D eigenvalue weighted by atomic mass is 10.0. The fourth-order valence-electron chi connectivity index (χ4n) is 3.90. The van der Waals surface area contributed by atoms with E-state index in [1.165, 1.54) is 35.6 Å². The number of hydrogen-bond donors (Lipinski definition) is 0. The van der Waals surface area contributed by atoms with Crippen LogP contribution in [-0.4, -0.2) is 17.0 Å². The lowest BCUT2D eigenvalue weighted by molar-refractivity contribution is 0.183. The van der Waals surface area contributed by atoms with E-state index in [2.05, 4.69) is 80.9 Å². The van der Waals surface area contributed by atoms with Crippen LogP contribution in [0.5, 0.6) is 11.5 Å². The number of hydrogen-bond acceptors (Lipinski definition) is 2. The summed E-state index contributed by atoms with van der Waals surface area (Å²) in [4.78, 5) is 0.377. The third-order valence-electron chi connectivity index (χ3n) is 5.78. The fourth-order valence-corrected chi connectivity index (χ4v) is 4.38. The van der Waals surface area contributed by atoms with Gasteiger partial charge < -0.3 is 9.47 Å². The van der Waals surface area contributed by atoms with Crippen LogP contribution in [0.2, 0.25) is 0 Å². The molecule has 2 rings (SSSR count). The summed E-state index contributed by atoms with van der Waals surface area (Å²) in [6, 6.07) is 10.8. The first-order chi connectivity index (χ1) is 14.1. The summed E-state index contributed by atoms with van der Waals surface area (Å²) in [6.45, 7) is 11.1. The van der Waals surface area contributed by atoms with Crippen molar-refractivity contribution < 1.29 is 9.47 Å². The second kappa shape index (κ2) is 12.5. The molecule has 3 heteroatoms. The van der Waals surface area contributed by atoms with Gasteiger partial charge in [-0.2, -0.15) is 0 Å². The second-order valence-corrected chi connectivity index (χ2v) is 9.09. The molecular formula is C26H39BrO2. The Bertz CT molecular complexity index is 743. The highest BCUT2D eigenvalue weighted by molar-refractivity contribution is 9.09. The van der Waals surface area contributed by atoms with Gasteiger partial charge >= 0.3 is 0 Å². The molecule has 0 aliphatic rings. The number of ether oxygens (including phenoxy) is 2. The van der Waals surface area contributed by atoms with Crippen LogP contribution >= 0.6 is 15.9 Å². The lowest BCUT2D eigenvalue weighted by Crippen LogP contribution is -2.26. The molecule has 0 amide bonds. The standard InChI is InChI=1S/C26H39BrO2/c1-6-11-12-13-20(7-2)28-21-15-16-23-19(18-21)14-17-26(22(23)8-3)29-25(10-5)24(27)9-4/h14-18,20,24-25H,6-13H2,1-5H3. The maximum Gasteiger partial charge on any atom is 0.123 e. The summed E-state index contributed by atoms with van der Waals surface area (Å²) in [5.74, 6) is 2.00. The average Bonchev–Trinajstić information content (AvgIpc) is 2.75. The van der Waals surface area contributed by atoms with Crippen molar-refractivity contribution in [1.29, 1.82) is 0 Å². The minimum Gasteiger partial charge on any atom is -0.490 e. The van der Waals surface area contributed by atoms with E-state index < -0.39 is 0 Å². The Morgan fingerprint density at radius 2 is 1.66 bits per heavy atom. The van der Waals surface area contributed by atoms with Crippen LogP contribution in [0.1, 0.15) is 85.1 Å². The summed E-state index contributed by atoms with van der Waals surface area (Å²) < 4.78 is 12.7. The van der Waals surface area contributed by atoms with Crippen molar-refractivity contribution in [1.82, 2.24) is 0 Å². The van der Waals surface area contributed by atoms with Gasteiger partial charge in [0.2, 0.25) is 0 Å². The number of unbranched alkanes of at least 4 members (excludes halogenated alkanes) is 2. The molecule has 0 fully saturated rings. The molecule has 3 unspecified atom stereocenters. The minimum absolute atomic E-state index is 0.193. The Kier molecular flexibility index (Phi) is 10.3. The number of fused-ring (bicyclic) bond motifs is 1. The first-order valence-corrected chi connectivity index (χ1v) is 12.5. The number of halogens is 1. The fraction of sp³-hybridized carbons (Fsp3) is 0.615. The largest absolute Gasteiger partial charge is 0.490 e. The van der Waals surface area contributed by atoms with Gasteiger partial charge in [0.1, 0.15) is 17.6 Å². The van der Waals surface area contributed by atoms with Crippen molar-refractivity contribution in [3.05, 3.63) is 35.9 Å². The molecule has 0 saturated heterocycles. The van der Waals surface area contributed by atoms with Crippen molar-refractivity contribution in [2.75, 3.05) is 0 Å². The maximum atomic E-state index is 6.44. The van der Waals surface area contributed by atoms with Crippen LogP contribution in [0.4, 0.5) is 0 Å². The van der Waals surface area contributed by atoms with E-state index >= 15 is 0 Å². The van der Waals surface area contributed by atoms with Crippen LogP contribution in [0.3, 0.4) is 0 Å². The zero-order valence-corrected chi connectivity index (χ0v) is 20.6. The topological polar surface area (TPSA) is 18.5 Å². The van der Waals surface area contributed by atoms with E-state index in [9.17, 15) is 0 Å². The Morgan fingerprint density at radius 1 is 0.862 bits per heavy atom. The van der Waals surface area contributed by atoms with Crippen LogP contribution in [0.15, 0.2) is 30.3 Å².